The van der Waals surface area contributed by atoms with Gasteiger partial charge in [-0.2, -0.15) is 0 Å². The number of ether oxygens (including phenoxy) is 2. The number of fused-ring (bicyclic) bond motifs is 1. The Morgan fingerprint density at radius 3 is 2.44 bits per heavy atom. The molecule has 3 aromatic rings. The van der Waals surface area contributed by atoms with Crippen molar-refractivity contribution in [2.75, 3.05) is 14.2 Å². The molecule has 0 saturated heterocycles. The zero-order valence-corrected chi connectivity index (χ0v) is 15.4. The van der Waals surface area contributed by atoms with E-state index >= 15 is 0 Å². The van der Waals surface area contributed by atoms with Crippen LogP contribution in [0.1, 0.15) is 17.5 Å². The van der Waals surface area contributed by atoms with Gasteiger partial charge < -0.3 is 19.8 Å². The molecule has 6 heteroatoms. The first-order valence-electron chi connectivity index (χ1n) is 8.69. The molecule has 140 valence electrons. The quantitative estimate of drug-likeness (QED) is 0.674. The van der Waals surface area contributed by atoms with E-state index in [1.54, 1.807) is 32.4 Å². The SMILES string of the molecule is COc1cc2cc(CNC(=O)CCc3ccccc3)c(=O)[nH]c2cc1OC. The maximum atomic E-state index is 12.3. The van der Waals surface area contributed by atoms with Crippen molar-refractivity contribution in [1.82, 2.24) is 10.3 Å². The van der Waals surface area contributed by atoms with E-state index in [-0.39, 0.29) is 18.0 Å². The molecule has 0 saturated carbocycles. The number of pyridine rings is 1. The number of benzene rings is 2. The summed E-state index contributed by atoms with van der Waals surface area (Å²) in [6.45, 7) is 0.174. The van der Waals surface area contributed by atoms with Gasteiger partial charge in [0.25, 0.3) is 5.56 Å². The second kappa shape index (κ2) is 8.40. The van der Waals surface area contributed by atoms with Crippen LogP contribution in [-0.4, -0.2) is 25.1 Å². The largest absolute Gasteiger partial charge is 0.493 e. The zero-order chi connectivity index (χ0) is 19.2. The number of methoxy groups -OCH3 is 2. The van der Waals surface area contributed by atoms with Crippen LogP contribution in [0.15, 0.2) is 53.3 Å². The Morgan fingerprint density at radius 1 is 1.04 bits per heavy atom. The Hall–Kier alpha value is -3.28. The molecular formula is C21H22N2O4. The van der Waals surface area contributed by atoms with Crippen molar-refractivity contribution < 1.29 is 14.3 Å². The molecule has 1 amide bonds. The lowest BCUT2D eigenvalue weighted by molar-refractivity contribution is -0.121. The third-order valence-corrected chi connectivity index (χ3v) is 4.38. The predicted molar refractivity (Wildman–Crippen MR) is 104 cm³/mol. The molecule has 0 fully saturated rings. The Kier molecular flexibility index (Phi) is 5.76. The average molecular weight is 366 g/mol. The molecule has 3 rings (SSSR count). The van der Waals surface area contributed by atoms with E-state index in [0.29, 0.717) is 35.4 Å². The summed E-state index contributed by atoms with van der Waals surface area (Å²) in [6, 6.07) is 15.1. The third kappa shape index (κ3) is 4.47. The molecule has 27 heavy (non-hydrogen) atoms. The molecule has 0 radical (unpaired) electrons. The van der Waals surface area contributed by atoms with E-state index < -0.39 is 0 Å². The molecule has 0 unspecified atom stereocenters. The van der Waals surface area contributed by atoms with E-state index in [4.69, 9.17) is 9.47 Å². The first-order chi connectivity index (χ1) is 13.1. The highest BCUT2D eigenvalue weighted by molar-refractivity contribution is 5.83. The number of aromatic nitrogens is 1. The average Bonchev–Trinajstić information content (AvgIpc) is 2.70. The number of hydrogen-bond donors (Lipinski definition) is 2. The van der Waals surface area contributed by atoms with Gasteiger partial charge in [0, 0.05) is 30.0 Å². The van der Waals surface area contributed by atoms with Crippen LogP contribution >= 0.6 is 0 Å². The summed E-state index contributed by atoms with van der Waals surface area (Å²) < 4.78 is 10.6. The van der Waals surface area contributed by atoms with Crippen LogP contribution in [0.4, 0.5) is 0 Å². The summed E-state index contributed by atoms with van der Waals surface area (Å²) in [4.78, 5) is 27.2. The molecule has 0 aliphatic carbocycles. The smallest absolute Gasteiger partial charge is 0.253 e. The van der Waals surface area contributed by atoms with Gasteiger partial charge >= 0.3 is 0 Å². The van der Waals surface area contributed by atoms with E-state index in [1.807, 2.05) is 30.3 Å². The minimum atomic E-state index is -0.238. The summed E-state index contributed by atoms with van der Waals surface area (Å²) in [5.41, 5.74) is 2.01. The van der Waals surface area contributed by atoms with Crippen molar-refractivity contribution in [3.8, 4) is 11.5 Å². The molecule has 0 bridgehead atoms. The predicted octanol–water partition coefficient (Wildman–Crippen LogP) is 2.79. The van der Waals surface area contributed by atoms with Gasteiger partial charge in [0.1, 0.15) is 0 Å². The number of aromatic amines is 1. The standard InChI is InChI=1S/C21H22N2O4/c1-26-18-11-15-10-16(21(25)23-17(15)12-19(18)27-2)13-22-20(24)9-8-14-6-4-3-5-7-14/h3-7,10-12H,8-9,13H2,1-2H3,(H,22,24)(H,23,25). The lowest BCUT2D eigenvalue weighted by atomic mass is 10.1. The Balaban J connectivity index is 1.70. The first kappa shape index (κ1) is 18.5. The maximum absolute atomic E-state index is 12.3. The molecule has 6 nitrogen and oxygen atoms in total. The molecule has 1 heterocycles. The number of amides is 1. The summed E-state index contributed by atoms with van der Waals surface area (Å²) in [7, 11) is 3.10. The minimum Gasteiger partial charge on any atom is -0.493 e. The van der Waals surface area contributed by atoms with Crippen molar-refractivity contribution >= 4 is 16.8 Å². The van der Waals surface area contributed by atoms with Crippen LogP contribution in [0.3, 0.4) is 0 Å². The molecular weight excluding hydrogens is 344 g/mol. The monoisotopic (exact) mass is 366 g/mol. The number of rotatable bonds is 7. The van der Waals surface area contributed by atoms with Crippen LogP contribution in [-0.2, 0) is 17.8 Å². The van der Waals surface area contributed by atoms with E-state index in [2.05, 4.69) is 10.3 Å². The fourth-order valence-corrected chi connectivity index (χ4v) is 2.89. The van der Waals surface area contributed by atoms with Gasteiger partial charge in [-0.1, -0.05) is 30.3 Å². The van der Waals surface area contributed by atoms with Gasteiger partial charge in [0.05, 0.1) is 19.7 Å². The number of carbonyl (C=O) groups excluding carboxylic acids is 1. The van der Waals surface area contributed by atoms with Gasteiger partial charge in [0.15, 0.2) is 11.5 Å². The number of hydrogen-bond acceptors (Lipinski definition) is 4. The molecule has 0 atom stereocenters. The van der Waals surface area contributed by atoms with Crippen LogP contribution < -0.4 is 20.3 Å². The fraction of sp³-hybridized carbons (Fsp3) is 0.238. The van der Waals surface area contributed by atoms with Crippen molar-refractivity contribution in [2.24, 2.45) is 0 Å². The Morgan fingerprint density at radius 2 is 1.74 bits per heavy atom. The van der Waals surface area contributed by atoms with Gasteiger partial charge in [-0.3, -0.25) is 9.59 Å². The van der Waals surface area contributed by atoms with Crippen molar-refractivity contribution in [1.29, 1.82) is 0 Å². The van der Waals surface area contributed by atoms with E-state index in [9.17, 15) is 9.59 Å². The topological polar surface area (TPSA) is 80.4 Å². The van der Waals surface area contributed by atoms with Crippen molar-refractivity contribution in [3.05, 3.63) is 70.0 Å². The molecule has 0 spiro atoms. The second-order valence-electron chi connectivity index (χ2n) is 6.18. The second-order valence-corrected chi connectivity index (χ2v) is 6.18. The maximum Gasteiger partial charge on any atom is 0.253 e. The van der Waals surface area contributed by atoms with Crippen molar-refractivity contribution in [3.63, 3.8) is 0 Å². The Labute approximate surface area is 157 Å². The number of H-pyrrole nitrogens is 1. The minimum absolute atomic E-state index is 0.0920. The molecule has 0 aliphatic rings. The highest BCUT2D eigenvalue weighted by Crippen LogP contribution is 2.30. The molecule has 2 aromatic carbocycles. The number of carbonyl (C=O) groups is 1. The lowest BCUT2D eigenvalue weighted by Gasteiger charge is -2.10. The van der Waals surface area contributed by atoms with Crippen LogP contribution in [0, 0.1) is 0 Å². The lowest BCUT2D eigenvalue weighted by Crippen LogP contribution is -2.26. The van der Waals surface area contributed by atoms with Gasteiger partial charge in [-0.25, -0.2) is 0 Å². The number of nitrogens with one attached hydrogen (secondary N) is 2. The first-order valence-corrected chi connectivity index (χ1v) is 8.69. The van der Waals surface area contributed by atoms with Crippen LogP contribution in [0.2, 0.25) is 0 Å². The molecule has 1 aromatic heterocycles. The molecule has 2 N–H and O–H groups in total. The number of aryl methyl sites for hydroxylation is 1. The van der Waals surface area contributed by atoms with Crippen molar-refractivity contribution in [2.45, 2.75) is 19.4 Å². The highest BCUT2D eigenvalue weighted by atomic mass is 16.5. The van der Waals surface area contributed by atoms with E-state index in [0.717, 1.165) is 10.9 Å². The summed E-state index contributed by atoms with van der Waals surface area (Å²) in [5.74, 6) is 1.03. The van der Waals surface area contributed by atoms with Gasteiger partial charge in [0.2, 0.25) is 5.91 Å². The third-order valence-electron chi connectivity index (χ3n) is 4.38. The van der Waals surface area contributed by atoms with Gasteiger partial charge in [-0.15, -0.1) is 0 Å². The normalized spacial score (nSPS) is 10.6. The summed E-state index contributed by atoms with van der Waals surface area (Å²) in [6.07, 6.45) is 1.04. The summed E-state index contributed by atoms with van der Waals surface area (Å²) >= 11 is 0. The zero-order valence-electron chi connectivity index (χ0n) is 15.4. The summed E-state index contributed by atoms with van der Waals surface area (Å²) in [5, 5.41) is 3.62. The van der Waals surface area contributed by atoms with Crippen LogP contribution in [0.25, 0.3) is 10.9 Å². The molecule has 0 aliphatic heterocycles. The van der Waals surface area contributed by atoms with E-state index in [1.165, 1.54) is 0 Å². The van der Waals surface area contributed by atoms with Crippen LogP contribution in [0.5, 0.6) is 11.5 Å². The van der Waals surface area contributed by atoms with Gasteiger partial charge in [-0.05, 0) is 24.1 Å². The highest BCUT2D eigenvalue weighted by Gasteiger charge is 2.10. The fourth-order valence-electron chi connectivity index (χ4n) is 2.89. The Bertz CT molecular complexity index is 996.